The number of piperidine rings is 1. The minimum absolute atomic E-state index is 0.0598. The highest BCUT2D eigenvalue weighted by Gasteiger charge is 2.24. The van der Waals surface area contributed by atoms with Crippen LogP contribution in [-0.4, -0.2) is 39.7 Å². The molecular weight excluding hydrogens is 392 g/mol. The Hall–Kier alpha value is -3.68. The van der Waals surface area contributed by atoms with Crippen LogP contribution in [0.3, 0.4) is 0 Å². The predicted octanol–water partition coefficient (Wildman–Crippen LogP) is 2.45. The zero-order valence-corrected chi connectivity index (χ0v) is 17.3. The van der Waals surface area contributed by atoms with Crippen molar-refractivity contribution in [2.75, 3.05) is 18.0 Å². The van der Waals surface area contributed by atoms with Crippen molar-refractivity contribution in [3.05, 3.63) is 77.2 Å². The number of pyridine rings is 1. The van der Waals surface area contributed by atoms with Crippen LogP contribution in [-0.2, 0) is 13.1 Å². The van der Waals surface area contributed by atoms with Crippen LogP contribution in [0, 0.1) is 0 Å². The third-order valence-corrected chi connectivity index (χ3v) is 5.42. The molecule has 4 rings (SSSR count). The van der Waals surface area contributed by atoms with E-state index < -0.39 is 0 Å². The Morgan fingerprint density at radius 1 is 1.16 bits per heavy atom. The number of carbonyl (C=O) groups excluding carboxylic acids is 1. The number of anilines is 1. The van der Waals surface area contributed by atoms with Crippen molar-refractivity contribution < 1.29 is 4.79 Å². The Morgan fingerprint density at radius 2 is 1.94 bits per heavy atom. The molecule has 1 saturated heterocycles. The van der Waals surface area contributed by atoms with Crippen LogP contribution in [0.2, 0.25) is 0 Å². The average molecular weight is 419 g/mol. The van der Waals surface area contributed by atoms with Gasteiger partial charge in [0.05, 0.1) is 0 Å². The van der Waals surface area contributed by atoms with Crippen molar-refractivity contribution in [3.8, 4) is 0 Å². The number of nitrogens with one attached hydrogen (secondary N) is 2. The van der Waals surface area contributed by atoms with Gasteiger partial charge in [0.2, 0.25) is 0 Å². The summed E-state index contributed by atoms with van der Waals surface area (Å²) in [7, 11) is 0. The van der Waals surface area contributed by atoms with Gasteiger partial charge in [-0.3, -0.25) is 9.36 Å². The van der Waals surface area contributed by atoms with E-state index in [1.54, 1.807) is 16.8 Å². The Kier molecular flexibility index (Phi) is 6.26. The summed E-state index contributed by atoms with van der Waals surface area (Å²) in [6, 6.07) is 13.4. The number of nitrogens with zero attached hydrogens (tertiary/aromatic N) is 4. The van der Waals surface area contributed by atoms with Gasteiger partial charge >= 0.3 is 6.03 Å². The first-order valence-electron chi connectivity index (χ1n) is 10.5. The van der Waals surface area contributed by atoms with Gasteiger partial charge in [-0.2, -0.15) is 0 Å². The van der Waals surface area contributed by atoms with Gasteiger partial charge in [-0.1, -0.05) is 36.4 Å². The Balaban J connectivity index is 1.39. The lowest BCUT2D eigenvalue weighted by molar-refractivity contribution is 0.234. The number of hydrogen-bond donors (Lipinski definition) is 2. The maximum Gasteiger partial charge on any atom is 0.315 e. The standard InChI is InChI=1S/C23H26N6O2/c1-2-13-29-20-19(9-6-12-24-20)27-21(22(29)30)28-14-10-18(11-15-28)26-23(31)25-16-17-7-4-3-5-8-17/h2-9,12,18H,1,10-11,13-16H2,(H2,25,26,31). The molecular formula is C23H26N6O2. The zero-order chi connectivity index (χ0) is 21.6. The Bertz CT molecular complexity index is 1120. The van der Waals surface area contributed by atoms with Gasteiger partial charge in [0.1, 0.15) is 5.52 Å². The van der Waals surface area contributed by atoms with Gasteiger partial charge in [-0.05, 0) is 30.5 Å². The van der Waals surface area contributed by atoms with E-state index in [1.165, 1.54) is 0 Å². The van der Waals surface area contributed by atoms with E-state index >= 15 is 0 Å². The van der Waals surface area contributed by atoms with E-state index in [1.807, 2.05) is 47.4 Å². The number of fused-ring (bicyclic) bond motifs is 1. The third kappa shape index (κ3) is 4.74. The second-order valence-corrected chi connectivity index (χ2v) is 7.56. The summed E-state index contributed by atoms with van der Waals surface area (Å²) in [5.74, 6) is 0.425. The molecule has 31 heavy (non-hydrogen) atoms. The monoisotopic (exact) mass is 418 g/mol. The summed E-state index contributed by atoms with van der Waals surface area (Å²) in [4.78, 5) is 36.2. The molecule has 0 saturated carbocycles. The maximum absolute atomic E-state index is 13.0. The van der Waals surface area contributed by atoms with Gasteiger partial charge in [-0.25, -0.2) is 14.8 Å². The normalized spacial score (nSPS) is 14.4. The first-order chi connectivity index (χ1) is 15.2. The number of hydrogen-bond acceptors (Lipinski definition) is 5. The lowest BCUT2D eigenvalue weighted by Crippen LogP contribution is -2.49. The zero-order valence-electron chi connectivity index (χ0n) is 17.3. The Morgan fingerprint density at radius 3 is 2.68 bits per heavy atom. The molecule has 160 valence electrons. The highest BCUT2D eigenvalue weighted by Crippen LogP contribution is 2.18. The Labute approximate surface area is 180 Å². The van der Waals surface area contributed by atoms with Gasteiger partial charge in [0, 0.05) is 38.4 Å². The molecule has 0 unspecified atom stereocenters. The number of rotatable bonds is 6. The van der Waals surface area contributed by atoms with E-state index in [2.05, 4.69) is 27.2 Å². The molecule has 2 amide bonds. The molecule has 3 heterocycles. The van der Waals surface area contributed by atoms with Crippen molar-refractivity contribution in [2.45, 2.75) is 32.0 Å². The summed E-state index contributed by atoms with van der Waals surface area (Å²) in [5, 5.41) is 5.93. The maximum atomic E-state index is 13.0. The topological polar surface area (TPSA) is 92.2 Å². The predicted molar refractivity (Wildman–Crippen MR) is 121 cm³/mol. The first-order valence-corrected chi connectivity index (χ1v) is 10.5. The molecule has 3 aromatic rings. The van der Waals surface area contributed by atoms with Crippen molar-refractivity contribution in [1.29, 1.82) is 0 Å². The molecule has 2 N–H and O–H groups in total. The highest BCUT2D eigenvalue weighted by molar-refractivity contribution is 5.74. The lowest BCUT2D eigenvalue weighted by Gasteiger charge is -2.33. The minimum atomic E-state index is -0.175. The molecule has 8 nitrogen and oxygen atoms in total. The molecule has 0 bridgehead atoms. The van der Waals surface area contributed by atoms with E-state index in [-0.39, 0.29) is 17.6 Å². The van der Waals surface area contributed by atoms with Crippen LogP contribution < -0.4 is 21.1 Å². The quantitative estimate of drug-likeness (QED) is 0.600. The number of urea groups is 1. The second kappa shape index (κ2) is 9.42. The van der Waals surface area contributed by atoms with Crippen molar-refractivity contribution in [2.24, 2.45) is 0 Å². The number of benzene rings is 1. The molecule has 1 aromatic carbocycles. The van der Waals surface area contributed by atoms with Gasteiger partial charge in [-0.15, -0.1) is 6.58 Å². The molecule has 0 radical (unpaired) electrons. The number of aromatic nitrogens is 3. The fraction of sp³-hybridized carbons (Fsp3) is 0.304. The third-order valence-electron chi connectivity index (χ3n) is 5.42. The van der Waals surface area contributed by atoms with Crippen LogP contribution in [0.1, 0.15) is 18.4 Å². The number of carbonyl (C=O) groups is 1. The smallest absolute Gasteiger partial charge is 0.315 e. The molecule has 0 atom stereocenters. The van der Waals surface area contributed by atoms with Gasteiger partial charge in [0.25, 0.3) is 5.56 Å². The van der Waals surface area contributed by atoms with Crippen LogP contribution in [0.25, 0.3) is 11.2 Å². The molecule has 8 heteroatoms. The van der Waals surface area contributed by atoms with Gasteiger partial charge < -0.3 is 15.5 Å². The molecule has 2 aromatic heterocycles. The van der Waals surface area contributed by atoms with Gasteiger partial charge in [0.15, 0.2) is 11.5 Å². The largest absolute Gasteiger partial charge is 0.352 e. The summed E-state index contributed by atoms with van der Waals surface area (Å²) < 4.78 is 1.60. The van der Waals surface area contributed by atoms with E-state index in [4.69, 9.17) is 0 Å². The second-order valence-electron chi connectivity index (χ2n) is 7.56. The molecule has 1 fully saturated rings. The molecule has 1 aliphatic rings. The molecule has 1 aliphatic heterocycles. The van der Waals surface area contributed by atoms with Crippen molar-refractivity contribution in [3.63, 3.8) is 0 Å². The molecule has 0 spiro atoms. The summed E-state index contributed by atoms with van der Waals surface area (Å²) in [6.45, 7) is 5.91. The lowest BCUT2D eigenvalue weighted by atomic mass is 10.1. The minimum Gasteiger partial charge on any atom is -0.352 e. The fourth-order valence-corrected chi connectivity index (χ4v) is 3.82. The number of amides is 2. The number of allylic oxidation sites excluding steroid dienone is 1. The average Bonchev–Trinajstić information content (AvgIpc) is 2.81. The first kappa shape index (κ1) is 20.6. The van der Waals surface area contributed by atoms with E-state index in [0.717, 1.165) is 18.4 Å². The SMILES string of the molecule is C=CCn1c(=O)c(N2CCC(NC(=O)NCc3ccccc3)CC2)nc2cccnc21. The van der Waals surface area contributed by atoms with E-state index in [9.17, 15) is 9.59 Å². The van der Waals surface area contributed by atoms with Crippen LogP contribution >= 0.6 is 0 Å². The van der Waals surface area contributed by atoms with E-state index in [0.29, 0.717) is 43.2 Å². The fourth-order valence-electron chi connectivity index (χ4n) is 3.82. The summed E-state index contributed by atoms with van der Waals surface area (Å²) in [5.41, 5.74) is 2.13. The van der Waals surface area contributed by atoms with Crippen molar-refractivity contribution in [1.82, 2.24) is 25.2 Å². The molecule has 0 aliphatic carbocycles. The summed E-state index contributed by atoms with van der Waals surface area (Å²) >= 11 is 0. The highest BCUT2D eigenvalue weighted by atomic mass is 16.2. The summed E-state index contributed by atoms with van der Waals surface area (Å²) in [6.07, 6.45) is 4.82. The van der Waals surface area contributed by atoms with Crippen molar-refractivity contribution >= 4 is 23.0 Å². The van der Waals surface area contributed by atoms with Crippen LogP contribution in [0.15, 0.2) is 66.1 Å². The van der Waals surface area contributed by atoms with Crippen LogP contribution in [0.4, 0.5) is 10.6 Å². The van der Waals surface area contributed by atoms with Crippen LogP contribution in [0.5, 0.6) is 0 Å².